The van der Waals surface area contributed by atoms with Crippen LogP contribution in [0.2, 0.25) is 0 Å². The van der Waals surface area contributed by atoms with Gasteiger partial charge in [0.1, 0.15) is 10.8 Å². The zero-order valence-electron chi connectivity index (χ0n) is 16.8. The second-order valence-corrected chi connectivity index (χ2v) is 8.10. The lowest BCUT2D eigenvalue weighted by atomic mass is 10.2. The second kappa shape index (κ2) is 8.80. The molecule has 0 atom stereocenters. The summed E-state index contributed by atoms with van der Waals surface area (Å²) in [4.78, 5) is 4.74. The molecule has 1 aromatic carbocycles. The minimum Gasteiger partial charge on any atom is -0.493 e. The molecular formula is C20H21N5O3S2. The molecular weight excluding hydrogens is 422 g/mol. The fourth-order valence-electron chi connectivity index (χ4n) is 2.90. The summed E-state index contributed by atoms with van der Waals surface area (Å²) < 4.78 is 17.8. The standard InChI is InChI=1S/C20H21N5O3S2/c1-4-27-16-6-5-13(9-17(16)26-3)19-22-14(10-29-19)11-30-20-24-23-18(25(20)21)15-7-8-28-12(15)2/h5-10H,4,11,21H2,1-3H3. The predicted octanol–water partition coefficient (Wildman–Crippen LogP) is 4.38. The number of hydrogen-bond donors (Lipinski definition) is 1. The van der Waals surface area contributed by atoms with Gasteiger partial charge in [-0.3, -0.25) is 0 Å². The van der Waals surface area contributed by atoms with Crippen LogP contribution in [0.5, 0.6) is 11.5 Å². The van der Waals surface area contributed by atoms with Crippen LogP contribution in [0.15, 0.2) is 45.5 Å². The van der Waals surface area contributed by atoms with Gasteiger partial charge in [-0.2, -0.15) is 0 Å². The van der Waals surface area contributed by atoms with Gasteiger partial charge in [-0.05, 0) is 38.1 Å². The number of furan rings is 1. The number of nitrogens with zero attached hydrogens (tertiary/aromatic N) is 4. The molecule has 0 saturated heterocycles. The van der Waals surface area contributed by atoms with Gasteiger partial charge in [0.2, 0.25) is 5.16 Å². The Morgan fingerprint density at radius 2 is 2.10 bits per heavy atom. The minimum atomic E-state index is 0.573. The van der Waals surface area contributed by atoms with Crippen molar-refractivity contribution >= 4 is 23.1 Å². The highest BCUT2D eigenvalue weighted by Crippen LogP contribution is 2.34. The number of rotatable bonds is 8. The average Bonchev–Trinajstić information content (AvgIpc) is 3.47. The van der Waals surface area contributed by atoms with E-state index in [0.717, 1.165) is 33.3 Å². The Hall–Kier alpha value is -2.98. The Balaban J connectivity index is 1.47. The molecule has 0 bridgehead atoms. The van der Waals surface area contributed by atoms with E-state index in [0.29, 0.717) is 29.1 Å². The number of aryl methyl sites for hydroxylation is 1. The summed E-state index contributed by atoms with van der Waals surface area (Å²) in [5.74, 6) is 9.55. The molecule has 156 valence electrons. The van der Waals surface area contributed by atoms with Crippen molar-refractivity contribution in [2.75, 3.05) is 19.6 Å². The summed E-state index contributed by atoms with van der Waals surface area (Å²) in [6.45, 7) is 4.39. The molecule has 3 heterocycles. The Bertz CT molecular complexity index is 1150. The topological polar surface area (TPSA) is 101 Å². The van der Waals surface area contributed by atoms with Gasteiger partial charge in [0.25, 0.3) is 0 Å². The summed E-state index contributed by atoms with van der Waals surface area (Å²) in [6, 6.07) is 7.66. The number of benzene rings is 1. The molecule has 0 spiro atoms. The van der Waals surface area contributed by atoms with Crippen molar-refractivity contribution in [2.45, 2.75) is 24.8 Å². The zero-order chi connectivity index (χ0) is 21.1. The third-order valence-corrected chi connectivity index (χ3v) is 6.29. The lowest BCUT2D eigenvalue weighted by Gasteiger charge is -2.09. The SMILES string of the molecule is CCOc1ccc(-c2nc(CSc3nnc(-c4ccoc4C)n3N)cs2)cc1OC. The molecule has 0 saturated carbocycles. The monoisotopic (exact) mass is 443 g/mol. The van der Waals surface area contributed by atoms with E-state index in [1.165, 1.54) is 16.4 Å². The quantitative estimate of drug-likeness (QED) is 0.316. The molecule has 0 aliphatic carbocycles. The molecule has 0 amide bonds. The van der Waals surface area contributed by atoms with Crippen LogP contribution in [-0.4, -0.2) is 33.6 Å². The smallest absolute Gasteiger partial charge is 0.210 e. The Labute approximate surface area is 182 Å². The highest BCUT2D eigenvalue weighted by Gasteiger charge is 2.16. The number of thiazole rings is 1. The normalized spacial score (nSPS) is 11.0. The highest BCUT2D eigenvalue weighted by molar-refractivity contribution is 7.98. The van der Waals surface area contributed by atoms with E-state index in [9.17, 15) is 0 Å². The van der Waals surface area contributed by atoms with E-state index >= 15 is 0 Å². The highest BCUT2D eigenvalue weighted by atomic mass is 32.2. The van der Waals surface area contributed by atoms with Crippen LogP contribution in [-0.2, 0) is 5.75 Å². The molecule has 4 aromatic rings. The molecule has 0 unspecified atom stereocenters. The third-order valence-electron chi connectivity index (χ3n) is 4.38. The van der Waals surface area contributed by atoms with E-state index in [1.807, 2.05) is 43.5 Å². The minimum absolute atomic E-state index is 0.573. The summed E-state index contributed by atoms with van der Waals surface area (Å²) in [7, 11) is 1.63. The van der Waals surface area contributed by atoms with Gasteiger partial charge in [0, 0.05) is 16.7 Å². The van der Waals surface area contributed by atoms with Gasteiger partial charge < -0.3 is 19.7 Å². The lowest BCUT2D eigenvalue weighted by molar-refractivity contribution is 0.311. The summed E-state index contributed by atoms with van der Waals surface area (Å²) in [5.41, 5.74) is 2.75. The zero-order valence-corrected chi connectivity index (χ0v) is 18.4. The second-order valence-electron chi connectivity index (χ2n) is 6.30. The van der Waals surface area contributed by atoms with E-state index in [1.54, 1.807) is 24.7 Å². The van der Waals surface area contributed by atoms with E-state index in [-0.39, 0.29) is 0 Å². The van der Waals surface area contributed by atoms with Gasteiger partial charge >= 0.3 is 0 Å². The molecule has 0 radical (unpaired) electrons. The number of hydrogen-bond acceptors (Lipinski definition) is 9. The van der Waals surface area contributed by atoms with Crippen molar-refractivity contribution in [1.29, 1.82) is 0 Å². The van der Waals surface area contributed by atoms with Crippen molar-refractivity contribution in [3.63, 3.8) is 0 Å². The van der Waals surface area contributed by atoms with Crippen LogP contribution in [0, 0.1) is 6.92 Å². The number of aromatic nitrogens is 4. The number of nitrogens with two attached hydrogens (primary N) is 1. The van der Waals surface area contributed by atoms with Crippen LogP contribution < -0.4 is 15.3 Å². The van der Waals surface area contributed by atoms with E-state index < -0.39 is 0 Å². The molecule has 4 rings (SSSR count). The third kappa shape index (κ3) is 4.01. The van der Waals surface area contributed by atoms with Gasteiger partial charge in [-0.1, -0.05) is 11.8 Å². The van der Waals surface area contributed by atoms with E-state index in [2.05, 4.69) is 10.2 Å². The van der Waals surface area contributed by atoms with Crippen molar-refractivity contribution in [2.24, 2.45) is 0 Å². The lowest BCUT2D eigenvalue weighted by Crippen LogP contribution is -2.11. The maximum absolute atomic E-state index is 6.18. The van der Waals surface area contributed by atoms with Crippen LogP contribution in [0.3, 0.4) is 0 Å². The average molecular weight is 444 g/mol. The van der Waals surface area contributed by atoms with Gasteiger partial charge in [0.05, 0.1) is 31.2 Å². The fourth-order valence-corrected chi connectivity index (χ4v) is 4.57. The first-order valence-electron chi connectivity index (χ1n) is 9.24. The van der Waals surface area contributed by atoms with Crippen LogP contribution in [0.1, 0.15) is 18.4 Å². The van der Waals surface area contributed by atoms with Crippen LogP contribution in [0.25, 0.3) is 22.0 Å². The van der Waals surface area contributed by atoms with Gasteiger partial charge in [-0.15, -0.1) is 21.5 Å². The molecule has 10 heteroatoms. The summed E-state index contributed by atoms with van der Waals surface area (Å²) in [5, 5.41) is 11.9. The van der Waals surface area contributed by atoms with Crippen molar-refractivity contribution in [3.8, 4) is 33.5 Å². The first kappa shape index (κ1) is 20.3. The van der Waals surface area contributed by atoms with Crippen LogP contribution >= 0.6 is 23.1 Å². The summed E-state index contributed by atoms with van der Waals surface area (Å²) in [6.07, 6.45) is 1.61. The number of methoxy groups -OCH3 is 1. The number of thioether (sulfide) groups is 1. The molecule has 0 aliphatic rings. The largest absolute Gasteiger partial charge is 0.493 e. The molecule has 0 fully saturated rings. The molecule has 8 nitrogen and oxygen atoms in total. The molecule has 30 heavy (non-hydrogen) atoms. The number of ether oxygens (including phenoxy) is 2. The first-order valence-corrected chi connectivity index (χ1v) is 11.1. The maximum Gasteiger partial charge on any atom is 0.210 e. The van der Waals surface area contributed by atoms with Crippen molar-refractivity contribution in [3.05, 3.63) is 47.4 Å². The Morgan fingerprint density at radius 1 is 1.23 bits per heavy atom. The van der Waals surface area contributed by atoms with E-state index in [4.69, 9.17) is 24.7 Å². The molecule has 0 aliphatic heterocycles. The van der Waals surface area contributed by atoms with Gasteiger partial charge in [0.15, 0.2) is 17.3 Å². The molecule has 3 aromatic heterocycles. The summed E-state index contributed by atoms with van der Waals surface area (Å²) >= 11 is 3.06. The number of nitrogen functional groups attached to an aromatic ring is 1. The maximum atomic E-state index is 6.18. The Morgan fingerprint density at radius 3 is 2.83 bits per heavy atom. The molecule has 2 N–H and O–H groups in total. The van der Waals surface area contributed by atoms with Crippen molar-refractivity contribution in [1.82, 2.24) is 19.9 Å². The van der Waals surface area contributed by atoms with Gasteiger partial charge in [-0.25, -0.2) is 9.66 Å². The predicted molar refractivity (Wildman–Crippen MR) is 117 cm³/mol. The first-order chi connectivity index (χ1) is 14.6. The fraction of sp³-hybridized carbons (Fsp3) is 0.250. The van der Waals surface area contributed by atoms with Crippen molar-refractivity contribution < 1.29 is 13.9 Å². The van der Waals surface area contributed by atoms with Crippen LogP contribution in [0.4, 0.5) is 0 Å². The Kier molecular flexibility index (Phi) is 5.96.